The zero-order valence-corrected chi connectivity index (χ0v) is 10.9. The number of nitrogens with two attached hydrogens (primary N) is 1. The Balaban J connectivity index is 0.00000128. The summed E-state index contributed by atoms with van der Waals surface area (Å²) in [6.07, 6.45) is 0.946. The average molecular weight is 242 g/mol. The summed E-state index contributed by atoms with van der Waals surface area (Å²) in [4.78, 5) is 0. The molecule has 0 saturated heterocycles. The molecule has 1 aliphatic rings. The number of fused-ring (bicyclic) bond motifs is 1. The maximum Gasteiger partial charge on any atom is 0.126 e. The van der Waals surface area contributed by atoms with E-state index in [0.717, 1.165) is 12.2 Å². The Morgan fingerprint density at radius 1 is 1.38 bits per heavy atom. The number of hydrogen-bond acceptors (Lipinski definition) is 2. The molecule has 90 valence electrons. The number of hydrogen-bond donors (Lipinski definition) is 1. The third-order valence-electron chi connectivity index (χ3n) is 3.06. The van der Waals surface area contributed by atoms with Gasteiger partial charge in [-0.05, 0) is 36.0 Å². The van der Waals surface area contributed by atoms with E-state index in [-0.39, 0.29) is 18.4 Å². The summed E-state index contributed by atoms with van der Waals surface area (Å²) >= 11 is 0. The first-order valence-corrected chi connectivity index (χ1v) is 5.60. The van der Waals surface area contributed by atoms with Crippen molar-refractivity contribution in [3.05, 3.63) is 28.8 Å². The van der Waals surface area contributed by atoms with Crippen molar-refractivity contribution in [3.63, 3.8) is 0 Å². The standard InChI is InChI=1S/C13H19NO.ClH/c1-8(2)11-5-4-9(3)12-6-10(14)7-15-13(11)12;/h4-5,8,10H,6-7,14H2,1-3H3;1H. The normalized spacial score (nSPS) is 18.7. The van der Waals surface area contributed by atoms with Crippen molar-refractivity contribution >= 4 is 12.4 Å². The second-order valence-electron chi connectivity index (χ2n) is 4.71. The third kappa shape index (κ3) is 2.33. The molecule has 1 aromatic carbocycles. The van der Waals surface area contributed by atoms with Crippen LogP contribution in [0.4, 0.5) is 0 Å². The molecular weight excluding hydrogens is 222 g/mol. The highest BCUT2D eigenvalue weighted by Crippen LogP contribution is 2.35. The van der Waals surface area contributed by atoms with Gasteiger partial charge in [-0.15, -0.1) is 12.4 Å². The van der Waals surface area contributed by atoms with Crippen LogP contribution in [0.15, 0.2) is 12.1 Å². The topological polar surface area (TPSA) is 35.2 Å². The van der Waals surface area contributed by atoms with E-state index in [1.807, 2.05) is 0 Å². The minimum atomic E-state index is 0. The Morgan fingerprint density at radius 3 is 2.69 bits per heavy atom. The van der Waals surface area contributed by atoms with E-state index in [0.29, 0.717) is 12.5 Å². The summed E-state index contributed by atoms with van der Waals surface area (Å²) < 4.78 is 5.78. The molecule has 1 aliphatic heterocycles. The summed E-state index contributed by atoms with van der Waals surface area (Å²) in [6.45, 7) is 7.17. The molecule has 1 atom stereocenters. The van der Waals surface area contributed by atoms with Crippen molar-refractivity contribution in [2.24, 2.45) is 5.73 Å². The van der Waals surface area contributed by atoms with Gasteiger partial charge < -0.3 is 10.5 Å². The fraction of sp³-hybridized carbons (Fsp3) is 0.538. The van der Waals surface area contributed by atoms with E-state index in [4.69, 9.17) is 10.5 Å². The highest BCUT2D eigenvalue weighted by atomic mass is 35.5. The molecule has 0 aromatic heterocycles. The minimum absolute atomic E-state index is 0. The maximum absolute atomic E-state index is 5.92. The second-order valence-corrected chi connectivity index (χ2v) is 4.71. The number of halogens is 1. The van der Waals surface area contributed by atoms with Gasteiger partial charge in [-0.3, -0.25) is 0 Å². The lowest BCUT2D eigenvalue weighted by atomic mass is 9.91. The molecule has 0 bridgehead atoms. The highest BCUT2D eigenvalue weighted by Gasteiger charge is 2.22. The van der Waals surface area contributed by atoms with Gasteiger partial charge in [0.2, 0.25) is 0 Å². The fourth-order valence-corrected chi connectivity index (χ4v) is 2.13. The lowest BCUT2D eigenvalue weighted by molar-refractivity contribution is 0.259. The molecular formula is C13H20ClNO. The first-order chi connectivity index (χ1) is 7.09. The van der Waals surface area contributed by atoms with Crippen molar-refractivity contribution < 1.29 is 4.74 Å². The molecule has 1 unspecified atom stereocenters. The summed E-state index contributed by atoms with van der Waals surface area (Å²) in [6, 6.07) is 4.50. The summed E-state index contributed by atoms with van der Waals surface area (Å²) in [5, 5.41) is 0. The van der Waals surface area contributed by atoms with Gasteiger partial charge in [-0.1, -0.05) is 26.0 Å². The zero-order chi connectivity index (χ0) is 11.0. The van der Waals surface area contributed by atoms with Gasteiger partial charge in [0, 0.05) is 6.04 Å². The van der Waals surface area contributed by atoms with Crippen molar-refractivity contribution in [1.29, 1.82) is 0 Å². The van der Waals surface area contributed by atoms with Gasteiger partial charge in [0.25, 0.3) is 0 Å². The molecule has 2 nitrogen and oxygen atoms in total. The quantitative estimate of drug-likeness (QED) is 0.821. The largest absolute Gasteiger partial charge is 0.491 e. The van der Waals surface area contributed by atoms with Crippen molar-refractivity contribution in [2.75, 3.05) is 6.61 Å². The predicted molar refractivity (Wildman–Crippen MR) is 69.7 cm³/mol. The smallest absolute Gasteiger partial charge is 0.126 e. The van der Waals surface area contributed by atoms with Crippen LogP contribution >= 0.6 is 12.4 Å². The van der Waals surface area contributed by atoms with Crippen LogP contribution in [0.1, 0.15) is 36.5 Å². The Morgan fingerprint density at radius 2 is 2.06 bits per heavy atom. The zero-order valence-electron chi connectivity index (χ0n) is 10.1. The lowest BCUT2D eigenvalue weighted by Gasteiger charge is -2.27. The third-order valence-corrected chi connectivity index (χ3v) is 3.06. The van der Waals surface area contributed by atoms with E-state index in [1.165, 1.54) is 16.7 Å². The predicted octanol–water partition coefficient (Wildman–Crippen LogP) is 2.80. The monoisotopic (exact) mass is 241 g/mol. The van der Waals surface area contributed by atoms with E-state index in [2.05, 4.69) is 32.9 Å². The van der Waals surface area contributed by atoms with Gasteiger partial charge in [-0.25, -0.2) is 0 Å². The van der Waals surface area contributed by atoms with E-state index < -0.39 is 0 Å². The van der Waals surface area contributed by atoms with Crippen molar-refractivity contribution in [2.45, 2.75) is 39.2 Å². The Kier molecular flexibility index (Phi) is 4.22. The molecule has 16 heavy (non-hydrogen) atoms. The molecule has 0 radical (unpaired) electrons. The second kappa shape index (κ2) is 5.07. The van der Waals surface area contributed by atoms with Crippen LogP contribution in [0, 0.1) is 6.92 Å². The molecule has 0 aliphatic carbocycles. The van der Waals surface area contributed by atoms with Gasteiger partial charge in [-0.2, -0.15) is 0 Å². The molecule has 1 aromatic rings. The maximum atomic E-state index is 5.92. The fourth-order valence-electron chi connectivity index (χ4n) is 2.13. The van der Waals surface area contributed by atoms with Gasteiger partial charge in [0.05, 0.1) is 0 Å². The molecule has 0 saturated carbocycles. The lowest BCUT2D eigenvalue weighted by Crippen LogP contribution is -2.34. The first kappa shape index (κ1) is 13.3. The first-order valence-electron chi connectivity index (χ1n) is 5.60. The summed E-state index contributed by atoms with van der Waals surface area (Å²) in [5.41, 5.74) is 9.83. The highest BCUT2D eigenvalue weighted by molar-refractivity contribution is 5.85. The van der Waals surface area contributed by atoms with Crippen LogP contribution in [-0.2, 0) is 6.42 Å². The Labute approximate surface area is 104 Å². The summed E-state index contributed by atoms with van der Waals surface area (Å²) in [5.74, 6) is 1.60. The van der Waals surface area contributed by atoms with Crippen LogP contribution in [0.25, 0.3) is 0 Å². The van der Waals surface area contributed by atoms with E-state index >= 15 is 0 Å². The molecule has 0 fully saturated rings. The van der Waals surface area contributed by atoms with E-state index in [1.54, 1.807) is 0 Å². The van der Waals surface area contributed by atoms with Crippen LogP contribution < -0.4 is 10.5 Å². The average Bonchev–Trinajstić information content (AvgIpc) is 2.19. The van der Waals surface area contributed by atoms with Crippen molar-refractivity contribution in [1.82, 2.24) is 0 Å². The number of rotatable bonds is 1. The van der Waals surface area contributed by atoms with Crippen LogP contribution in [0.2, 0.25) is 0 Å². The molecule has 3 heteroatoms. The Bertz CT molecular complexity index is 376. The SMILES string of the molecule is Cc1ccc(C(C)C)c2c1CC(N)CO2.Cl. The van der Waals surface area contributed by atoms with Gasteiger partial charge in [0.1, 0.15) is 12.4 Å². The molecule has 0 amide bonds. The summed E-state index contributed by atoms with van der Waals surface area (Å²) in [7, 11) is 0. The molecule has 2 N–H and O–H groups in total. The molecule has 2 rings (SSSR count). The molecule has 0 spiro atoms. The molecule has 1 heterocycles. The van der Waals surface area contributed by atoms with Crippen molar-refractivity contribution in [3.8, 4) is 5.75 Å². The van der Waals surface area contributed by atoms with E-state index in [9.17, 15) is 0 Å². The number of ether oxygens (including phenoxy) is 1. The number of aryl methyl sites for hydroxylation is 1. The van der Waals surface area contributed by atoms with Crippen LogP contribution in [-0.4, -0.2) is 12.6 Å². The van der Waals surface area contributed by atoms with Gasteiger partial charge in [0.15, 0.2) is 0 Å². The van der Waals surface area contributed by atoms with Gasteiger partial charge >= 0.3 is 0 Å². The van der Waals surface area contributed by atoms with Crippen LogP contribution in [0.5, 0.6) is 5.75 Å². The minimum Gasteiger partial charge on any atom is -0.491 e. The Hall–Kier alpha value is -0.730. The number of benzene rings is 1. The van der Waals surface area contributed by atoms with Crippen LogP contribution in [0.3, 0.4) is 0 Å².